The summed E-state index contributed by atoms with van der Waals surface area (Å²) in [6.45, 7) is 3.84. The Kier molecular flexibility index (Phi) is 4.22. The number of ether oxygens (including phenoxy) is 1. The highest BCUT2D eigenvalue weighted by molar-refractivity contribution is 7.89. The summed E-state index contributed by atoms with van der Waals surface area (Å²) in [6, 6.07) is 4.55. The van der Waals surface area contributed by atoms with Crippen LogP contribution < -0.4 is 10.5 Å². The molecule has 112 valence electrons. The van der Waals surface area contributed by atoms with Gasteiger partial charge in [0.05, 0.1) is 7.11 Å². The van der Waals surface area contributed by atoms with E-state index in [1.54, 1.807) is 6.07 Å². The minimum absolute atomic E-state index is 0.0685. The lowest BCUT2D eigenvalue weighted by molar-refractivity contribution is 0.170. The van der Waals surface area contributed by atoms with Gasteiger partial charge in [-0.15, -0.1) is 0 Å². The molecule has 1 atom stereocenters. The Bertz CT molecular complexity index is 589. The maximum absolute atomic E-state index is 12.8. The minimum Gasteiger partial charge on any atom is -0.495 e. The van der Waals surface area contributed by atoms with Crippen molar-refractivity contribution in [3.8, 4) is 5.75 Å². The van der Waals surface area contributed by atoms with E-state index in [1.807, 2.05) is 14.0 Å². The van der Waals surface area contributed by atoms with Gasteiger partial charge in [-0.2, -0.15) is 4.31 Å². The molecule has 1 aromatic carbocycles. The van der Waals surface area contributed by atoms with Crippen LogP contribution in [0.2, 0.25) is 0 Å². The summed E-state index contributed by atoms with van der Waals surface area (Å²) in [4.78, 5) is 2.29. The van der Waals surface area contributed by atoms with E-state index in [1.165, 1.54) is 23.5 Å². The number of anilines is 1. The fourth-order valence-corrected chi connectivity index (χ4v) is 4.26. The molecule has 1 aromatic rings. The summed E-state index contributed by atoms with van der Waals surface area (Å²) >= 11 is 0. The molecular weight excluding hydrogens is 278 g/mol. The Labute approximate surface area is 120 Å². The van der Waals surface area contributed by atoms with Crippen LogP contribution in [0.25, 0.3) is 0 Å². The molecule has 0 bridgehead atoms. The molecule has 1 unspecified atom stereocenters. The van der Waals surface area contributed by atoms with E-state index >= 15 is 0 Å². The summed E-state index contributed by atoms with van der Waals surface area (Å²) in [7, 11) is -0.132. The number of nitrogens with zero attached hydrogens (tertiary/aromatic N) is 2. The maximum Gasteiger partial charge on any atom is 0.247 e. The predicted octanol–water partition coefficient (Wildman–Crippen LogP) is 0.602. The first-order chi connectivity index (χ1) is 9.36. The molecular formula is C13H21N3O3S. The molecule has 2 rings (SSSR count). The van der Waals surface area contributed by atoms with Crippen molar-refractivity contribution in [1.82, 2.24) is 9.21 Å². The van der Waals surface area contributed by atoms with Crippen molar-refractivity contribution in [1.29, 1.82) is 0 Å². The van der Waals surface area contributed by atoms with E-state index in [0.29, 0.717) is 12.2 Å². The van der Waals surface area contributed by atoms with Crippen molar-refractivity contribution in [2.75, 3.05) is 39.5 Å². The molecule has 1 aliphatic rings. The Morgan fingerprint density at radius 3 is 2.65 bits per heavy atom. The number of nitrogens with two attached hydrogens (primary N) is 1. The fourth-order valence-electron chi connectivity index (χ4n) is 2.50. The third-order valence-electron chi connectivity index (χ3n) is 3.54. The lowest BCUT2D eigenvalue weighted by atomic mass is 10.2. The van der Waals surface area contributed by atoms with Crippen molar-refractivity contribution in [3.63, 3.8) is 0 Å². The van der Waals surface area contributed by atoms with Crippen molar-refractivity contribution in [2.24, 2.45) is 0 Å². The first kappa shape index (κ1) is 15.1. The van der Waals surface area contributed by atoms with Crippen LogP contribution in [0.3, 0.4) is 0 Å². The van der Waals surface area contributed by atoms with Crippen LogP contribution in [-0.4, -0.2) is 57.5 Å². The van der Waals surface area contributed by atoms with Gasteiger partial charge in [-0.25, -0.2) is 8.42 Å². The van der Waals surface area contributed by atoms with Crippen molar-refractivity contribution in [3.05, 3.63) is 18.2 Å². The molecule has 1 saturated heterocycles. The molecule has 0 amide bonds. The number of methoxy groups -OCH3 is 1. The Morgan fingerprint density at radius 1 is 1.35 bits per heavy atom. The van der Waals surface area contributed by atoms with E-state index in [2.05, 4.69) is 4.90 Å². The smallest absolute Gasteiger partial charge is 0.247 e. The van der Waals surface area contributed by atoms with Gasteiger partial charge in [-0.05, 0) is 26.1 Å². The summed E-state index contributed by atoms with van der Waals surface area (Å²) in [5, 5.41) is 0. The average molecular weight is 299 g/mol. The molecule has 0 spiro atoms. The van der Waals surface area contributed by atoms with Crippen LogP contribution in [0.15, 0.2) is 23.1 Å². The Hall–Kier alpha value is -1.31. The second-order valence-corrected chi connectivity index (χ2v) is 7.00. The van der Waals surface area contributed by atoms with Gasteiger partial charge in [0, 0.05) is 37.4 Å². The van der Waals surface area contributed by atoms with Crippen LogP contribution >= 0.6 is 0 Å². The monoisotopic (exact) mass is 299 g/mol. The summed E-state index contributed by atoms with van der Waals surface area (Å²) in [5.74, 6) is 0.288. The quantitative estimate of drug-likeness (QED) is 0.827. The summed E-state index contributed by atoms with van der Waals surface area (Å²) in [5.41, 5.74) is 6.15. The third kappa shape index (κ3) is 2.74. The van der Waals surface area contributed by atoms with Crippen LogP contribution in [0.5, 0.6) is 5.75 Å². The zero-order valence-corrected chi connectivity index (χ0v) is 12.9. The maximum atomic E-state index is 12.8. The Morgan fingerprint density at radius 2 is 2.05 bits per heavy atom. The van der Waals surface area contributed by atoms with Gasteiger partial charge in [0.25, 0.3) is 0 Å². The van der Waals surface area contributed by atoms with E-state index in [-0.39, 0.29) is 16.7 Å². The number of nitrogen functional groups attached to an aromatic ring is 1. The zero-order valence-electron chi connectivity index (χ0n) is 12.0. The number of hydrogen-bond donors (Lipinski definition) is 1. The molecule has 0 radical (unpaired) electrons. The van der Waals surface area contributed by atoms with Gasteiger partial charge < -0.3 is 15.4 Å². The highest BCUT2D eigenvalue weighted by Crippen LogP contribution is 2.30. The first-order valence-corrected chi connectivity index (χ1v) is 7.94. The third-order valence-corrected chi connectivity index (χ3v) is 5.60. The molecule has 1 fully saturated rings. The number of benzene rings is 1. The molecule has 1 aliphatic heterocycles. The van der Waals surface area contributed by atoms with Gasteiger partial charge in [0.15, 0.2) is 0 Å². The van der Waals surface area contributed by atoms with Gasteiger partial charge >= 0.3 is 0 Å². The standard InChI is InChI=1S/C13H21N3O3S/c1-10-9-15(2)6-7-16(10)20(17,18)13-5-4-11(14)8-12(13)19-3/h4-5,8,10H,6-7,9,14H2,1-3H3. The van der Waals surface area contributed by atoms with E-state index in [9.17, 15) is 8.42 Å². The van der Waals surface area contributed by atoms with Crippen LogP contribution in [0.4, 0.5) is 5.69 Å². The fraction of sp³-hybridized carbons (Fsp3) is 0.538. The largest absolute Gasteiger partial charge is 0.495 e. The van der Waals surface area contributed by atoms with Gasteiger partial charge in [0.1, 0.15) is 10.6 Å². The number of hydrogen-bond acceptors (Lipinski definition) is 5. The summed E-state index contributed by atoms with van der Waals surface area (Å²) < 4.78 is 32.3. The van der Waals surface area contributed by atoms with E-state index in [4.69, 9.17) is 10.5 Å². The highest BCUT2D eigenvalue weighted by atomic mass is 32.2. The summed E-state index contributed by atoms with van der Waals surface area (Å²) in [6.07, 6.45) is 0. The second-order valence-electron chi connectivity index (χ2n) is 5.14. The molecule has 0 aromatic heterocycles. The second kappa shape index (κ2) is 5.59. The molecule has 1 heterocycles. The van der Waals surface area contributed by atoms with Crippen molar-refractivity contribution < 1.29 is 13.2 Å². The predicted molar refractivity (Wildman–Crippen MR) is 78.3 cm³/mol. The number of rotatable bonds is 3. The van der Waals surface area contributed by atoms with E-state index in [0.717, 1.165) is 13.1 Å². The minimum atomic E-state index is -3.57. The number of piperazine rings is 1. The van der Waals surface area contributed by atoms with Crippen molar-refractivity contribution in [2.45, 2.75) is 17.9 Å². The SMILES string of the molecule is COc1cc(N)ccc1S(=O)(=O)N1CCN(C)CC1C. The molecule has 0 aliphatic carbocycles. The normalized spacial score (nSPS) is 21.9. The first-order valence-electron chi connectivity index (χ1n) is 6.50. The molecule has 0 saturated carbocycles. The molecule has 7 heteroatoms. The topological polar surface area (TPSA) is 75.9 Å². The highest BCUT2D eigenvalue weighted by Gasteiger charge is 2.34. The van der Waals surface area contributed by atoms with Gasteiger partial charge in [-0.3, -0.25) is 0 Å². The van der Waals surface area contributed by atoms with Crippen LogP contribution in [0, 0.1) is 0 Å². The Balaban J connectivity index is 2.40. The molecule has 2 N–H and O–H groups in total. The van der Waals surface area contributed by atoms with Gasteiger partial charge in [0.2, 0.25) is 10.0 Å². The van der Waals surface area contributed by atoms with Crippen molar-refractivity contribution >= 4 is 15.7 Å². The number of sulfonamides is 1. The molecule has 6 nitrogen and oxygen atoms in total. The van der Waals surface area contributed by atoms with Gasteiger partial charge in [-0.1, -0.05) is 0 Å². The average Bonchev–Trinajstić information content (AvgIpc) is 2.37. The lowest BCUT2D eigenvalue weighted by Gasteiger charge is -2.37. The van der Waals surface area contributed by atoms with Crippen LogP contribution in [-0.2, 0) is 10.0 Å². The molecule has 20 heavy (non-hydrogen) atoms. The number of likely N-dealkylation sites (N-methyl/N-ethyl adjacent to an activating group) is 1. The lowest BCUT2D eigenvalue weighted by Crippen LogP contribution is -2.52. The van der Waals surface area contributed by atoms with Crippen LogP contribution in [0.1, 0.15) is 6.92 Å². The zero-order chi connectivity index (χ0) is 14.9. The van der Waals surface area contributed by atoms with E-state index < -0.39 is 10.0 Å².